The Hall–Kier alpha value is -2.33. The second kappa shape index (κ2) is 6.13. The summed E-state index contributed by atoms with van der Waals surface area (Å²) < 4.78 is 1.64. The summed E-state index contributed by atoms with van der Waals surface area (Å²) >= 11 is 6.39. The smallest absolute Gasteiger partial charge is 0.354 e. The molecule has 0 saturated heterocycles. The van der Waals surface area contributed by atoms with Crippen LogP contribution in [0.3, 0.4) is 0 Å². The number of nitrogens with one attached hydrogen (secondary N) is 1. The van der Waals surface area contributed by atoms with Gasteiger partial charge in [-0.15, -0.1) is 0 Å². The van der Waals surface area contributed by atoms with Crippen molar-refractivity contribution in [3.8, 4) is 5.69 Å². The number of benzene rings is 2. The third-order valence-electron chi connectivity index (χ3n) is 5.31. The molecule has 1 aromatic heterocycles. The van der Waals surface area contributed by atoms with E-state index in [2.05, 4.69) is 28.5 Å². The van der Waals surface area contributed by atoms with Gasteiger partial charge in [0.05, 0.1) is 16.2 Å². The minimum Gasteiger partial charge on any atom is -0.369 e. The van der Waals surface area contributed by atoms with Gasteiger partial charge in [-0.2, -0.15) is 4.98 Å². The maximum absolute atomic E-state index is 12.9. The molecule has 0 bridgehead atoms. The standard InChI is InChI=1S/C21H20ClN3O/c22-17-3-1-2-4-18(17)25-19-11-15(14-7-8-14)9-10-16(19)20(24-21(25)26)23-12-13-5-6-13/h1-4,9-11,13-14H,5-8,12H2,(H,23,24,26). The number of anilines is 1. The Morgan fingerprint density at radius 2 is 1.92 bits per heavy atom. The number of nitrogens with zero attached hydrogens (tertiary/aromatic N) is 2. The van der Waals surface area contributed by atoms with Crippen LogP contribution in [0.5, 0.6) is 0 Å². The molecule has 5 rings (SSSR count). The van der Waals surface area contributed by atoms with Crippen molar-refractivity contribution in [3.63, 3.8) is 0 Å². The van der Waals surface area contributed by atoms with Crippen molar-refractivity contribution >= 4 is 28.3 Å². The first-order chi connectivity index (χ1) is 12.7. The van der Waals surface area contributed by atoms with E-state index in [9.17, 15) is 4.79 Å². The molecule has 3 aromatic rings. The molecule has 26 heavy (non-hydrogen) atoms. The van der Waals surface area contributed by atoms with Crippen molar-refractivity contribution in [1.29, 1.82) is 0 Å². The van der Waals surface area contributed by atoms with E-state index in [1.165, 1.54) is 31.2 Å². The van der Waals surface area contributed by atoms with E-state index >= 15 is 0 Å². The number of rotatable bonds is 5. The van der Waals surface area contributed by atoms with E-state index < -0.39 is 0 Å². The highest BCUT2D eigenvalue weighted by Crippen LogP contribution is 2.41. The van der Waals surface area contributed by atoms with E-state index in [4.69, 9.17) is 11.6 Å². The molecule has 4 nitrogen and oxygen atoms in total. The fraction of sp³-hybridized carbons (Fsp3) is 0.333. The molecule has 1 N–H and O–H groups in total. The van der Waals surface area contributed by atoms with Crippen LogP contribution in [0, 0.1) is 5.92 Å². The fourth-order valence-corrected chi connectivity index (χ4v) is 3.70. The number of halogens is 1. The predicted molar refractivity (Wildman–Crippen MR) is 106 cm³/mol. The zero-order chi connectivity index (χ0) is 17.7. The average Bonchev–Trinajstić information content (AvgIpc) is 3.54. The minimum atomic E-state index is -0.295. The first-order valence-corrected chi connectivity index (χ1v) is 9.64. The van der Waals surface area contributed by atoms with Gasteiger partial charge >= 0.3 is 5.69 Å². The third kappa shape index (κ3) is 2.88. The summed E-state index contributed by atoms with van der Waals surface area (Å²) in [7, 11) is 0. The lowest BCUT2D eigenvalue weighted by molar-refractivity contribution is 0.874. The van der Waals surface area contributed by atoms with Crippen LogP contribution in [0.1, 0.15) is 37.2 Å². The summed E-state index contributed by atoms with van der Waals surface area (Å²) in [5.74, 6) is 2.01. The van der Waals surface area contributed by atoms with Crippen LogP contribution in [0.2, 0.25) is 5.02 Å². The highest BCUT2D eigenvalue weighted by molar-refractivity contribution is 6.32. The van der Waals surface area contributed by atoms with Crippen LogP contribution in [-0.2, 0) is 0 Å². The van der Waals surface area contributed by atoms with E-state index in [0.29, 0.717) is 28.4 Å². The van der Waals surface area contributed by atoms with Crippen molar-refractivity contribution in [2.75, 3.05) is 11.9 Å². The molecule has 2 aliphatic rings. The predicted octanol–water partition coefficient (Wildman–Crippen LogP) is 4.74. The molecule has 0 atom stereocenters. The minimum absolute atomic E-state index is 0.295. The highest BCUT2D eigenvalue weighted by Gasteiger charge is 2.25. The van der Waals surface area contributed by atoms with Crippen LogP contribution < -0.4 is 11.0 Å². The van der Waals surface area contributed by atoms with Crippen molar-refractivity contribution in [1.82, 2.24) is 9.55 Å². The van der Waals surface area contributed by atoms with Crippen LogP contribution >= 0.6 is 11.6 Å². The summed E-state index contributed by atoms with van der Waals surface area (Å²) in [6.45, 7) is 0.877. The van der Waals surface area contributed by atoms with Gasteiger partial charge in [0.25, 0.3) is 0 Å². The molecule has 1 heterocycles. The molecule has 2 aliphatic carbocycles. The number of fused-ring (bicyclic) bond motifs is 1. The topological polar surface area (TPSA) is 46.9 Å². The molecule has 0 unspecified atom stereocenters. The molecule has 0 spiro atoms. The van der Waals surface area contributed by atoms with Gasteiger partial charge in [0, 0.05) is 11.9 Å². The zero-order valence-corrected chi connectivity index (χ0v) is 15.2. The quantitative estimate of drug-likeness (QED) is 0.710. The Morgan fingerprint density at radius 3 is 2.65 bits per heavy atom. The van der Waals surface area contributed by atoms with Gasteiger partial charge in [-0.25, -0.2) is 4.79 Å². The van der Waals surface area contributed by atoms with Gasteiger partial charge in [0.15, 0.2) is 0 Å². The van der Waals surface area contributed by atoms with Gasteiger partial charge in [-0.3, -0.25) is 4.57 Å². The molecular weight excluding hydrogens is 346 g/mol. The molecule has 2 aromatic carbocycles. The number of hydrogen-bond acceptors (Lipinski definition) is 3. The van der Waals surface area contributed by atoms with Gasteiger partial charge in [-0.1, -0.05) is 29.8 Å². The van der Waals surface area contributed by atoms with Crippen molar-refractivity contribution in [2.24, 2.45) is 5.92 Å². The third-order valence-corrected chi connectivity index (χ3v) is 5.63. The highest BCUT2D eigenvalue weighted by atomic mass is 35.5. The SMILES string of the molecule is O=c1nc(NCC2CC2)c2ccc(C3CC3)cc2n1-c1ccccc1Cl. The summed E-state index contributed by atoms with van der Waals surface area (Å²) in [6, 6.07) is 13.8. The van der Waals surface area contributed by atoms with Crippen molar-refractivity contribution < 1.29 is 0 Å². The van der Waals surface area contributed by atoms with Crippen molar-refractivity contribution in [2.45, 2.75) is 31.6 Å². The summed E-state index contributed by atoms with van der Waals surface area (Å²) in [6.07, 6.45) is 4.96. The van der Waals surface area contributed by atoms with E-state index in [1.54, 1.807) is 10.6 Å². The lowest BCUT2D eigenvalue weighted by atomic mass is 10.1. The van der Waals surface area contributed by atoms with Crippen LogP contribution in [0.25, 0.3) is 16.6 Å². The number of aromatic nitrogens is 2. The fourth-order valence-electron chi connectivity index (χ4n) is 3.48. The lowest BCUT2D eigenvalue weighted by Crippen LogP contribution is -2.24. The van der Waals surface area contributed by atoms with Gasteiger partial charge in [-0.05, 0) is 67.3 Å². The summed E-state index contributed by atoms with van der Waals surface area (Å²) in [4.78, 5) is 17.3. The molecule has 2 fully saturated rings. The molecule has 2 saturated carbocycles. The van der Waals surface area contributed by atoms with Gasteiger partial charge in [0.2, 0.25) is 0 Å². The zero-order valence-electron chi connectivity index (χ0n) is 14.4. The number of para-hydroxylation sites is 1. The molecular formula is C21H20ClN3O. The van der Waals surface area contributed by atoms with E-state index in [0.717, 1.165) is 17.4 Å². The normalized spacial score (nSPS) is 16.8. The van der Waals surface area contributed by atoms with Crippen LogP contribution in [-0.4, -0.2) is 16.1 Å². The average molecular weight is 366 g/mol. The molecule has 0 amide bonds. The summed E-state index contributed by atoms with van der Waals surface area (Å²) in [5.41, 5.74) is 2.55. The first-order valence-electron chi connectivity index (χ1n) is 9.26. The second-order valence-corrected chi connectivity index (χ2v) is 7.81. The Labute approximate surface area is 156 Å². The van der Waals surface area contributed by atoms with Crippen LogP contribution in [0.4, 0.5) is 5.82 Å². The molecule has 132 valence electrons. The lowest BCUT2D eigenvalue weighted by Gasteiger charge is -2.15. The van der Waals surface area contributed by atoms with Crippen LogP contribution in [0.15, 0.2) is 47.3 Å². The first kappa shape index (κ1) is 15.9. The Bertz CT molecular complexity index is 1050. The summed E-state index contributed by atoms with van der Waals surface area (Å²) in [5, 5.41) is 4.91. The maximum Gasteiger partial charge on any atom is 0.354 e. The molecule has 0 radical (unpaired) electrons. The van der Waals surface area contributed by atoms with E-state index in [1.807, 2.05) is 18.2 Å². The largest absolute Gasteiger partial charge is 0.369 e. The van der Waals surface area contributed by atoms with Gasteiger partial charge in [0.1, 0.15) is 5.82 Å². The Kier molecular flexibility index (Phi) is 3.75. The Morgan fingerprint density at radius 1 is 1.12 bits per heavy atom. The number of hydrogen-bond donors (Lipinski definition) is 1. The maximum atomic E-state index is 12.9. The molecule has 5 heteroatoms. The van der Waals surface area contributed by atoms with Crippen molar-refractivity contribution in [3.05, 3.63) is 63.5 Å². The van der Waals surface area contributed by atoms with E-state index in [-0.39, 0.29) is 5.69 Å². The monoisotopic (exact) mass is 365 g/mol. The molecule has 0 aliphatic heterocycles. The Balaban J connectivity index is 1.73. The van der Waals surface area contributed by atoms with Gasteiger partial charge < -0.3 is 5.32 Å². The second-order valence-electron chi connectivity index (χ2n) is 7.40.